The second-order valence-electron chi connectivity index (χ2n) is 3.17. The van der Waals surface area contributed by atoms with Crippen LogP contribution in [0.1, 0.15) is 11.4 Å². The number of aromatic nitrogens is 1. The average Bonchev–Trinajstić information content (AvgIpc) is 2.14. The summed E-state index contributed by atoms with van der Waals surface area (Å²) in [5, 5.41) is 10.6. The van der Waals surface area contributed by atoms with E-state index in [0.29, 0.717) is 24.2 Å². The number of halogens is 1. The Morgan fingerprint density at radius 1 is 1.54 bits per heavy atom. The van der Waals surface area contributed by atoms with Gasteiger partial charge in [-0.15, -0.1) is 0 Å². The highest BCUT2D eigenvalue weighted by atomic mass is 79.9. The van der Waals surface area contributed by atoms with Gasteiger partial charge in [-0.1, -0.05) is 22.0 Å². The zero-order valence-corrected chi connectivity index (χ0v) is 8.62. The number of hydrogen-bond donors (Lipinski definition) is 1. The van der Waals surface area contributed by atoms with E-state index < -0.39 is 5.60 Å². The number of ether oxygens (including phenoxy) is 1. The van der Waals surface area contributed by atoms with Gasteiger partial charge in [0.25, 0.3) is 0 Å². The van der Waals surface area contributed by atoms with E-state index in [1.54, 1.807) is 0 Å². The quantitative estimate of drug-likeness (QED) is 0.794. The van der Waals surface area contributed by atoms with Gasteiger partial charge in [-0.25, -0.2) is 0 Å². The minimum Gasteiger partial charge on any atom is -0.379 e. The van der Waals surface area contributed by atoms with Crippen LogP contribution in [0, 0.1) is 0 Å². The Morgan fingerprint density at radius 2 is 2.31 bits per heavy atom. The maximum atomic E-state index is 9.90. The van der Waals surface area contributed by atoms with E-state index in [1.807, 2.05) is 18.2 Å². The molecule has 2 heterocycles. The third kappa shape index (κ3) is 1.61. The van der Waals surface area contributed by atoms with Crippen molar-refractivity contribution in [1.82, 2.24) is 4.98 Å². The summed E-state index contributed by atoms with van der Waals surface area (Å²) in [5.74, 6) is 0. The highest BCUT2D eigenvalue weighted by molar-refractivity contribution is 9.08. The highest BCUT2D eigenvalue weighted by Crippen LogP contribution is 2.27. The van der Waals surface area contributed by atoms with Gasteiger partial charge in [-0.05, 0) is 12.1 Å². The summed E-state index contributed by atoms with van der Waals surface area (Å²) < 4.78 is 4.96. The van der Waals surface area contributed by atoms with Crippen LogP contribution in [-0.4, -0.2) is 23.3 Å². The van der Waals surface area contributed by atoms with Gasteiger partial charge in [0.1, 0.15) is 0 Å². The Kier molecular flexibility index (Phi) is 2.36. The molecule has 1 aliphatic rings. The van der Waals surface area contributed by atoms with E-state index in [0.717, 1.165) is 5.69 Å². The van der Waals surface area contributed by atoms with Crippen molar-refractivity contribution in [3.8, 4) is 0 Å². The molecule has 2 rings (SSSR count). The molecule has 1 N–H and O–H groups in total. The van der Waals surface area contributed by atoms with E-state index >= 15 is 0 Å². The molecule has 0 radical (unpaired) electrons. The van der Waals surface area contributed by atoms with Crippen molar-refractivity contribution in [3.63, 3.8) is 0 Å². The van der Waals surface area contributed by atoms with Gasteiger partial charge >= 0.3 is 0 Å². The van der Waals surface area contributed by atoms with Gasteiger partial charge in [0.2, 0.25) is 0 Å². The van der Waals surface area contributed by atoms with Crippen molar-refractivity contribution in [3.05, 3.63) is 29.6 Å². The molecule has 0 spiro atoms. The molecule has 0 aromatic carbocycles. The van der Waals surface area contributed by atoms with Crippen LogP contribution in [0.3, 0.4) is 0 Å². The molecule has 1 saturated heterocycles. The Hall–Kier alpha value is -0.450. The van der Waals surface area contributed by atoms with Gasteiger partial charge in [0.15, 0.2) is 5.60 Å². The second-order valence-corrected chi connectivity index (χ2v) is 3.73. The third-order valence-electron chi connectivity index (χ3n) is 2.10. The second kappa shape index (κ2) is 3.36. The summed E-state index contributed by atoms with van der Waals surface area (Å²) in [6.07, 6.45) is 0. The van der Waals surface area contributed by atoms with Gasteiger partial charge < -0.3 is 9.84 Å². The molecule has 0 bridgehead atoms. The topological polar surface area (TPSA) is 42.4 Å². The molecule has 13 heavy (non-hydrogen) atoms. The zero-order chi connectivity index (χ0) is 9.31. The molecule has 0 amide bonds. The van der Waals surface area contributed by atoms with Crippen LogP contribution in [0.5, 0.6) is 0 Å². The van der Waals surface area contributed by atoms with Gasteiger partial charge in [0, 0.05) is 5.33 Å². The average molecular weight is 244 g/mol. The summed E-state index contributed by atoms with van der Waals surface area (Å²) >= 11 is 3.32. The molecule has 1 fully saturated rings. The van der Waals surface area contributed by atoms with Crippen molar-refractivity contribution in [2.75, 3.05) is 13.2 Å². The SMILES string of the molecule is OC1(c2cccc(CBr)n2)COC1. The Morgan fingerprint density at radius 3 is 2.85 bits per heavy atom. The van der Waals surface area contributed by atoms with E-state index in [4.69, 9.17) is 4.74 Å². The van der Waals surface area contributed by atoms with Crippen LogP contribution in [0.25, 0.3) is 0 Å². The standard InChI is InChI=1S/C9H10BrNO2/c10-4-7-2-1-3-8(11-7)9(12)5-13-6-9/h1-3,12H,4-6H2. The lowest BCUT2D eigenvalue weighted by Crippen LogP contribution is -2.47. The third-order valence-corrected chi connectivity index (χ3v) is 2.68. The smallest absolute Gasteiger partial charge is 0.153 e. The molecular formula is C9H10BrNO2. The predicted octanol–water partition coefficient (Wildman–Crippen LogP) is 1.19. The number of hydrogen-bond acceptors (Lipinski definition) is 3. The maximum absolute atomic E-state index is 9.90. The van der Waals surface area contributed by atoms with Crippen LogP contribution in [0.15, 0.2) is 18.2 Å². The normalized spacial score (nSPS) is 19.5. The molecule has 70 valence electrons. The summed E-state index contributed by atoms with van der Waals surface area (Å²) in [6, 6.07) is 5.64. The summed E-state index contributed by atoms with van der Waals surface area (Å²) in [6.45, 7) is 0.706. The van der Waals surface area contributed by atoms with Crippen molar-refractivity contribution >= 4 is 15.9 Å². The number of alkyl halides is 1. The first kappa shape index (κ1) is 9.12. The molecular weight excluding hydrogens is 234 g/mol. The lowest BCUT2D eigenvalue weighted by molar-refractivity contribution is -0.186. The number of pyridine rings is 1. The number of rotatable bonds is 2. The molecule has 3 nitrogen and oxygen atoms in total. The fourth-order valence-electron chi connectivity index (χ4n) is 1.26. The Bertz CT molecular complexity index is 312. The lowest BCUT2D eigenvalue weighted by Gasteiger charge is -2.35. The van der Waals surface area contributed by atoms with Crippen LogP contribution in [0.2, 0.25) is 0 Å². The number of nitrogens with zero attached hydrogens (tertiary/aromatic N) is 1. The molecule has 1 aromatic heterocycles. The van der Waals surface area contributed by atoms with Gasteiger partial charge in [-0.3, -0.25) is 4.98 Å². The van der Waals surface area contributed by atoms with E-state index in [2.05, 4.69) is 20.9 Å². The van der Waals surface area contributed by atoms with Gasteiger partial charge in [-0.2, -0.15) is 0 Å². The maximum Gasteiger partial charge on any atom is 0.153 e. The molecule has 0 unspecified atom stereocenters. The molecule has 1 aromatic rings. The molecule has 1 aliphatic heterocycles. The molecule has 0 aliphatic carbocycles. The highest BCUT2D eigenvalue weighted by Gasteiger charge is 2.39. The zero-order valence-electron chi connectivity index (χ0n) is 7.03. The monoisotopic (exact) mass is 243 g/mol. The summed E-state index contributed by atoms with van der Waals surface area (Å²) in [5.41, 5.74) is 0.784. The van der Waals surface area contributed by atoms with Crippen LogP contribution in [-0.2, 0) is 15.7 Å². The van der Waals surface area contributed by atoms with Crippen molar-refractivity contribution < 1.29 is 9.84 Å². The largest absolute Gasteiger partial charge is 0.379 e. The molecule has 0 saturated carbocycles. The Labute approximate surface area is 84.9 Å². The van der Waals surface area contributed by atoms with E-state index in [-0.39, 0.29) is 0 Å². The van der Waals surface area contributed by atoms with Gasteiger partial charge in [0.05, 0.1) is 24.6 Å². The first-order chi connectivity index (χ1) is 6.24. The van der Waals surface area contributed by atoms with Crippen molar-refractivity contribution in [1.29, 1.82) is 0 Å². The first-order valence-corrected chi connectivity index (χ1v) is 5.19. The fraction of sp³-hybridized carbons (Fsp3) is 0.444. The number of aliphatic hydroxyl groups is 1. The van der Waals surface area contributed by atoms with Crippen LogP contribution in [0.4, 0.5) is 0 Å². The predicted molar refractivity (Wildman–Crippen MR) is 51.6 cm³/mol. The Balaban J connectivity index is 2.29. The molecule has 4 heteroatoms. The van der Waals surface area contributed by atoms with Crippen molar-refractivity contribution in [2.24, 2.45) is 0 Å². The summed E-state index contributed by atoms with van der Waals surface area (Å²) in [7, 11) is 0. The van der Waals surface area contributed by atoms with E-state index in [1.165, 1.54) is 0 Å². The fourth-order valence-corrected chi connectivity index (χ4v) is 1.57. The first-order valence-electron chi connectivity index (χ1n) is 4.07. The van der Waals surface area contributed by atoms with Crippen molar-refractivity contribution in [2.45, 2.75) is 10.9 Å². The minimum atomic E-state index is -0.849. The molecule has 0 atom stereocenters. The minimum absolute atomic E-state index is 0.353. The summed E-state index contributed by atoms with van der Waals surface area (Å²) in [4.78, 5) is 4.31. The van der Waals surface area contributed by atoms with Crippen LogP contribution < -0.4 is 0 Å². The lowest BCUT2D eigenvalue weighted by atomic mass is 9.97. The van der Waals surface area contributed by atoms with Crippen LogP contribution >= 0.6 is 15.9 Å². The van der Waals surface area contributed by atoms with E-state index in [9.17, 15) is 5.11 Å².